The van der Waals surface area contributed by atoms with Crippen molar-refractivity contribution in [3.63, 3.8) is 0 Å². The van der Waals surface area contributed by atoms with Crippen LogP contribution in [0.4, 0.5) is 0 Å². The molecule has 2 aliphatic carbocycles. The van der Waals surface area contributed by atoms with E-state index in [4.69, 9.17) is 33.2 Å². The molecule has 3 rings (SSSR count). The van der Waals surface area contributed by atoms with Crippen molar-refractivity contribution < 1.29 is 52.3 Å². The van der Waals surface area contributed by atoms with Crippen molar-refractivity contribution in [1.82, 2.24) is 0 Å². The third kappa shape index (κ3) is 10.6. The van der Waals surface area contributed by atoms with Crippen molar-refractivity contribution >= 4 is 23.9 Å². The molecule has 11 nitrogen and oxygen atoms in total. The normalized spacial score (nSPS) is 30.4. The highest BCUT2D eigenvalue weighted by Gasteiger charge is 2.37. The molecule has 1 aliphatic heterocycles. The van der Waals surface area contributed by atoms with E-state index >= 15 is 0 Å². The van der Waals surface area contributed by atoms with Crippen molar-refractivity contribution in [2.24, 2.45) is 23.7 Å². The molecule has 0 saturated carbocycles. The molecule has 0 aromatic heterocycles. The predicted octanol–water partition coefficient (Wildman–Crippen LogP) is 1.94. The van der Waals surface area contributed by atoms with Gasteiger partial charge in [-0.15, -0.1) is 0 Å². The average Bonchev–Trinajstić information content (AvgIpc) is 2.96. The lowest BCUT2D eigenvalue weighted by atomic mass is 9.83. The van der Waals surface area contributed by atoms with Crippen molar-refractivity contribution in [3.8, 4) is 0 Å². The van der Waals surface area contributed by atoms with Crippen LogP contribution in [0.25, 0.3) is 0 Å². The minimum Gasteiger partial charge on any atom is -0.463 e. The minimum atomic E-state index is -0.635. The van der Waals surface area contributed by atoms with E-state index in [1.807, 2.05) is 24.3 Å². The Morgan fingerprint density at radius 1 is 0.385 bits per heavy atom. The van der Waals surface area contributed by atoms with Gasteiger partial charge in [0.25, 0.3) is 0 Å². The fraction of sp³-hybridized carbons (Fsp3) is 0.643. The highest BCUT2D eigenvalue weighted by molar-refractivity contribution is 5.83. The molecule has 0 aromatic rings. The summed E-state index contributed by atoms with van der Waals surface area (Å²) in [4.78, 5) is 50.4. The molecular formula is C28H38O11. The molecule has 0 saturated heterocycles. The maximum absolute atomic E-state index is 12.6. The van der Waals surface area contributed by atoms with Crippen LogP contribution in [0.5, 0.6) is 0 Å². The third-order valence-electron chi connectivity index (χ3n) is 6.57. The SMILES string of the molecule is O=C1OC/C=C/COC(=O)[C@H]2CC=CC[C@H]2C(=O)OCCOCCOCCOCCOC(=O)[C@@H]2CC=CC[C@H]12. The van der Waals surface area contributed by atoms with Gasteiger partial charge in [-0.3, -0.25) is 19.2 Å². The molecule has 3 aliphatic rings. The molecule has 0 spiro atoms. The molecule has 0 amide bonds. The number of hydrogen-bond donors (Lipinski definition) is 0. The van der Waals surface area contributed by atoms with E-state index in [2.05, 4.69) is 0 Å². The van der Waals surface area contributed by atoms with Gasteiger partial charge in [0, 0.05) is 0 Å². The van der Waals surface area contributed by atoms with Crippen molar-refractivity contribution in [3.05, 3.63) is 36.5 Å². The maximum Gasteiger partial charge on any atom is 0.310 e. The van der Waals surface area contributed by atoms with Gasteiger partial charge in [0.1, 0.15) is 26.4 Å². The molecule has 0 bridgehead atoms. The van der Waals surface area contributed by atoms with Crippen LogP contribution in [0.3, 0.4) is 0 Å². The lowest BCUT2D eigenvalue weighted by Gasteiger charge is -2.25. The number of allylic oxidation sites excluding steroid dienone is 4. The summed E-state index contributed by atoms with van der Waals surface area (Å²) >= 11 is 0. The van der Waals surface area contributed by atoms with Gasteiger partial charge in [0.2, 0.25) is 0 Å². The number of cyclic esters (lactones) is 4. The largest absolute Gasteiger partial charge is 0.463 e. The Bertz CT molecular complexity index is 824. The van der Waals surface area contributed by atoms with Gasteiger partial charge in [0.15, 0.2) is 0 Å². The van der Waals surface area contributed by atoms with Gasteiger partial charge in [-0.1, -0.05) is 24.3 Å². The molecule has 0 radical (unpaired) electrons. The second-order valence-corrected chi connectivity index (χ2v) is 9.22. The summed E-state index contributed by atoms with van der Waals surface area (Å²) in [5, 5.41) is 0. The lowest BCUT2D eigenvalue weighted by molar-refractivity contribution is -0.161. The van der Waals surface area contributed by atoms with Crippen molar-refractivity contribution in [2.45, 2.75) is 25.7 Å². The maximum atomic E-state index is 12.6. The number of ether oxygens (including phenoxy) is 7. The van der Waals surface area contributed by atoms with E-state index in [0.717, 1.165) is 0 Å². The molecule has 0 unspecified atom stereocenters. The minimum absolute atomic E-state index is 0.0303. The van der Waals surface area contributed by atoms with Crippen LogP contribution in [0.15, 0.2) is 36.5 Å². The first kappa shape index (κ1) is 30.5. The van der Waals surface area contributed by atoms with E-state index in [9.17, 15) is 19.2 Å². The standard InChI is InChI=1S/C28H38O11/c29-25-21-7-1-3-9-23(21)27(31)38-19-17-34-15-13-33-14-16-35-18-20-39-28(32)24-10-4-2-8-22(24)26(30)37-12-6-5-11-36-25/h1-6,21-24H,7-20H2/b6-5+/t21-,22-,23+,24+/m0/s1. The summed E-state index contributed by atoms with van der Waals surface area (Å²) in [6.45, 7) is 1.83. The number of rotatable bonds is 0. The van der Waals surface area contributed by atoms with E-state index in [1.54, 1.807) is 12.2 Å². The summed E-state index contributed by atoms with van der Waals surface area (Å²) in [5.41, 5.74) is 0. The molecule has 0 aromatic carbocycles. The summed E-state index contributed by atoms with van der Waals surface area (Å²) in [7, 11) is 0. The summed E-state index contributed by atoms with van der Waals surface area (Å²) in [6.07, 6.45) is 12.1. The molecule has 4 atom stereocenters. The van der Waals surface area contributed by atoms with Crippen LogP contribution in [0, 0.1) is 23.7 Å². The number of hydrogen-bond acceptors (Lipinski definition) is 11. The monoisotopic (exact) mass is 550 g/mol. The molecule has 11 heteroatoms. The van der Waals surface area contributed by atoms with Crippen LogP contribution in [0.2, 0.25) is 0 Å². The van der Waals surface area contributed by atoms with Gasteiger partial charge in [-0.2, -0.15) is 0 Å². The van der Waals surface area contributed by atoms with Gasteiger partial charge >= 0.3 is 23.9 Å². The summed E-state index contributed by atoms with van der Waals surface area (Å²) in [5.74, 6) is -4.42. The van der Waals surface area contributed by atoms with Gasteiger partial charge in [-0.05, 0) is 37.8 Å². The van der Waals surface area contributed by atoms with Crippen molar-refractivity contribution in [2.75, 3.05) is 66.1 Å². The lowest BCUT2D eigenvalue weighted by Crippen LogP contribution is -2.34. The van der Waals surface area contributed by atoms with E-state index in [-0.39, 0.29) is 39.6 Å². The quantitative estimate of drug-likeness (QED) is 0.249. The smallest absolute Gasteiger partial charge is 0.310 e. The summed E-state index contributed by atoms with van der Waals surface area (Å²) < 4.78 is 37.6. The Morgan fingerprint density at radius 2 is 0.667 bits per heavy atom. The number of fused-ring (bicyclic) bond motifs is 2. The fourth-order valence-corrected chi connectivity index (χ4v) is 4.44. The zero-order chi connectivity index (χ0) is 27.7. The first-order chi connectivity index (χ1) is 19.1. The molecule has 39 heavy (non-hydrogen) atoms. The number of esters is 4. The number of carbonyl (C=O) groups excluding carboxylic acids is 4. The molecule has 216 valence electrons. The highest BCUT2D eigenvalue weighted by Crippen LogP contribution is 2.29. The molecule has 0 N–H and O–H groups in total. The third-order valence-corrected chi connectivity index (χ3v) is 6.57. The van der Waals surface area contributed by atoms with E-state index in [0.29, 0.717) is 52.1 Å². The van der Waals surface area contributed by atoms with Gasteiger partial charge in [-0.25, -0.2) is 0 Å². The Hall–Kier alpha value is -3.02. The second-order valence-electron chi connectivity index (χ2n) is 9.22. The zero-order valence-corrected chi connectivity index (χ0v) is 22.2. The molecule has 0 fully saturated rings. The van der Waals surface area contributed by atoms with E-state index in [1.165, 1.54) is 0 Å². The Balaban J connectivity index is 1.54. The summed E-state index contributed by atoms with van der Waals surface area (Å²) in [6, 6.07) is 0. The topological polar surface area (TPSA) is 133 Å². The Kier molecular flexibility index (Phi) is 13.7. The Morgan fingerprint density at radius 3 is 1.00 bits per heavy atom. The number of carbonyl (C=O) groups is 4. The molecular weight excluding hydrogens is 512 g/mol. The first-order valence-corrected chi connectivity index (χ1v) is 13.4. The van der Waals surface area contributed by atoms with Crippen LogP contribution in [-0.4, -0.2) is 89.9 Å². The second kappa shape index (κ2) is 17.5. The van der Waals surface area contributed by atoms with Crippen molar-refractivity contribution in [1.29, 1.82) is 0 Å². The van der Waals surface area contributed by atoms with Crippen LogP contribution in [-0.2, 0) is 52.3 Å². The van der Waals surface area contributed by atoms with Gasteiger partial charge < -0.3 is 33.2 Å². The van der Waals surface area contributed by atoms with Crippen LogP contribution >= 0.6 is 0 Å². The predicted molar refractivity (Wildman–Crippen MR) is 136 cm³/mol. The fourth-order valence-electron chi connectivity index (χ4n) is 4.44. The van der Waals surface area contributed by atoms with E-state index < -0.39 is 47.5 Å². The van der Waals surface area contributed by atoms with Crippen LogP contribution < -0.4 is 0 Å². The van der Waals surface area contributed by atoms with Gasteiger partial charge in [0.05, 0.1) is 63.3 Å². The van der Waals surface area contributed by atoms with Crippen LogP contribution in [0.1, 0.15) is 25.7 Å². The average molecular weight is 551 g/mol. The zero-order valence-electron chi connectivity index (χ0n) is 22.2. The first-order valence-electron chi connectivity index (χ1n) is 13.4. The highest BCUT2D eigenvalue weighted by atomic mass is 16.6. The molecule has 1 heterocycles. The Labute approximate surface area is 228 Å².